The summed E-state index contributed by atoms with van der Waals surface area (Å²) in [7, 11) is -3.60. The van der Waals surface area contributed by atoms with Crippen LogP contribution < -0.4 is 10.0 Å². The van der Waals surface area contributed by atoms with Crippen molar-refractivity contribution < 1.29 is 13.2 Å². The molecular formula is C19H31N3O3S. The van der Waals surface area contributed by atoms with E-state index in [1.165, 1.54) is 25.0 Å². The first-order valence-electron chi connectivity index (χ1n) is 9.41. The third kappa shape index (κ3) is 6.37. The zero-order chi connectivity index (χ0) is 19.2. The highest BCUT2D eigenvalue weighted by Gasteiger charge is 2.18. The van der Waals surface area contributed by atoms with Gasteiger partial charge >= 0.3 is 0 Å². The van der Waals surface area contributed by atoms with E-state index < -0.39 is 10.0 Å². The standard InChI is InChI=1S/C19H31N3O3S/c1-15(2)21-26(24,25)18-7-4-6-17(14-18)19(23)20-10-5-11-22-12-8-16(3)9-13-22/h4,6-7,14-16,21H,5,8-13H2,1-3H3,(H,20,23). The van der Waals surface area contributed by atoms with Gasteiger partial charge in [0.1, 0.15) is 0 Å². The Morgan fingerprint density at radius 2 is 1.96 bits per heavy atom. The predicted octanol–water partition coefficient (Wildman–Crippen LogP) is 2.23. The number of likely N-dealkylation sites (tertiary alicyclic amines) is 1. The summed E-state index contributed by atoms with van der Waals surface area (Å²) < 4.78 is 27.0. The van der Waals surface area contributed by atoms with Crippen molar-refractivity contribution in [2.45, 2.75) is 51.0 Å². The molecule has 0 radical (unpaired) electrons. The second-order valence-electron chi connectivity index (χ2n) is 7.44. The lowest BCUT2D eigenvalue weighted by atomic mass is 9.99. The van der Waals surface area contributed by atoms with Gasteiger partial charge < -0.3 is 10.2 Å². The van der Waals surface area contributed by atoms with Crippen LogP contribution in [-0.4, -0.2) is 51.4 Å². The molecule has 1 aromatic carbocycles. The Morgan fingerprint density at radius 1 is 1.27 bits per heavy atom. The van der Waals surface area contributed by atoms with Crippen LogP contribution in [0, 0.1) is 5.92 Å². The van der Waals surface area contributed by atoms with Crippen molar-refractivity contribution in [3.63, 3.8) is 0 Å². The van der Waals surface area contributed by atoms with Crippen LogP contribution in [0.5, 0.6) is 0 Å². The van der Waals surface area contributed by atoms with E-state index in [4.69, 9.17) is 0 Å². The summed E-state index contributed by atoms with van der Waals surface area (Å²) in [6.45, 7) is 9.67. The Morgan fingerprint density at radius 3 is 2.62 bits per heavy atom. The first kappa shape index (κ1) is 20.9. The number of nitrogens with one attached hydrogen (secondary N) is 2. The molecule has 1 aromatic rings. The summed E-state index contributed by atoms with van der Waals surface area (Å²) in [6, 6.07) is 5.95. The number of piperidine rings is 1. The van der Waals surface area contributed by atoms with Crippen molar-refractivity contribution >= 4 is 15.9 Å². The lowest BCUT2D eigenvalue weighted by Gasteiger charge is -2.30. The highest BCUT2D eigenvalue weighted by Crippen LogP contribution is 2.16. The molecule has 2 rings (SSSR count). The lowest BCUT2D eigenvalue weighted by Crippen LogP contribution is -2.35. The molecule has 1 heterocycles. The monoisotopic (exact) mass is 381 g/mol. The number of amides is 1. The Kier molecular flexibility index (Phi) is 7.61. The minimum Gasteiger partial charge on any atom is -0.352 e. The zero-order valence-electron chi connectivity index (χ0n) is 16.0. The van der Waals surface area contributed by atoms with Gasteiger partial charge in [0.15, 0.2) is 0 Å². The quantitative estimate of drug-likeness (QED) is 0.677. The molecule has 0 saturated carbocycles. The van der Waals surface area contributed by atoms with Gasteiger partial charge in [0.05, 0.1) is 4.90 Å². The van der Waals surface area contributed by atoms with E-state index in [1.54, 1.807) is 26.0 Å². The van der Waals surface area contributed by atoms with Gasteiger partial charge in [-0.1, -0.05) is 13.0 Å². The Bertz CT molecular complexity index is 696. The van der Waals surface area contributed by atoms with Crippen LogP contribution >= 0.6 is 0 Å². The Hall–Kier alpha value is -1.44. The number of hydrogen-bond donors (Lipinski definition) is 2. The highest BCUT2D eigenvalue weighted by atomic mass is 32.2. The van der Waals surface area contributed by atoms with Crippen LogP contribution in [0.2, 0.25) is 0 Å². The van der Waals surface area contributed by atoms with Gasteiger partial charge in [-0.15, -0.1) is 0 Å². The third-order valence-electron chi connectivity index (χ3n) is 4.61. The number of carbonyl (C=O) groups excluding carboxylic acids is 1. The summed E-state index contributed by atoms with van der Waals surface area (Å²) >= 11 is 0. The maximum Gasteiger partial charge on any atom is 0.251 e. The summed E-state index contributed by atoms with van der Waals surface area (Å²) in [6.07, 6.45) is 3.39. The van der Waals surface area contributed by atoms with E-state index in [0.717, 1.165) is 32.0 Å². The van der Waals surface area contributed by atoms with E-state index >= 15 is 0 Å². The van der Waals surface area contributed by atoms with Gasteiger partial charge in [0.25, 0.3) is 5.91 Å². The number of hydrogen-bond acceptors (Lipinski definition) is 4. The van der Waals surface area contributed by atoms with Crippen LogP contribution in [-0.2, 0) is 10.0 Å². The summed E-state index contributed by atoms with van der Waals surface area (Å²) in [5.74, 6) is 0.582. The summed E-state index contributed by atoms with van der Waals surface area (Å²) in [4.78, 5) is 14.9. The SMILES string of the molecule is CC1CCN(CCCNC(=O)c2cccc(S(=O)(=O)NC(C)C)c2)CC1. The van der Waals surface area contributed by atoms with Crippen LogP contribution in [0.15, 0.2) is 29.2 Å². The molecule has 7 heteroatoms. The van der Waals surface area contributed by atoms with Crippen molar-refractivity contribution in [2.75, 3.05) is 26.2 Å². The molecule has 146 valence electrons. The van der Waals surface area contributed by atoms with Crippen molar-refractivity contribution in [2.24, 2.45) is 5.92 Å². The maximum atomic E-state index is 12.3. The van der Waals surface area contributed by atoms with Crippen LogP contribution in [0.1, 0.15) is 50.4 Å². The average Bonchev–Trinajstić information content (AvgIpc) is 2.59. The zero-order valence-corrected chi connectivity index (χ0v) is 16.8. The minimum atomic E-state index is -3.60. The fourth-order valence-electron chi connectivity index (χ4n) is 3.08. The highest BCUT2D eigenvalue weighted by molar-refractivity contribution is 7.89. The van der Waals surface area contributed by atoms with E-state index in [9.17, 15) is 13.2 Å². The van der Waals surface area contributed by atoms with Gasteiger partial charge in [-0.2, -0.15) is 0 Å². The summed E-state index contributed by atoms with van der Waals surface area (Å²) in [5, 5.41) is 2.89. The second-order valence-corrected chi connectivity index (χ2v) is 9.15. The van der Waals surface area contributed by atoms with Crippen LogP contribution in [0.3, 0.4) is 0 Å². The fraction of sp³-hybridized carbons (Fsp3) is 0.632. The Balaban J connectivity index is 1.83. The molecule has 1 fully saturated rings. The van der Waals surface area contributed by atoms with Crippen molar-refractivity contribution in [1.82, 2.24) is 14.9 Å². The average molecular weight is 382 g/mol. The van der Waals surface area contributed by atoms with Crippen LogP contribution in [0.25, 0.3) is 0 Å². The van der Waals surface area contributed by atoms with Gasteiger partial charge in [-0.05, 0) is 76.9 Å². The number of benzene rings is 1. The van der Waals surface area contributed by atoms with E-state index in [2.05, 4.69) is 21.9 Å². The molecule has 0 aromatic heterocycles. The molecule has 0 unspecified atom stereocenters. The molecule has 0 spiro atoms. The van der Waals surface area contributed by atoms with E-state index in [0.29, 0.717) is 12.1 Å². The molecule has 0 aliphatic carbocycles. The molecule has 0 bridgehead atoms. The molecule has 1 saturated heterocycles. The van der Waals surface area contributed by atoms with Gasteiger partial charge in [-0.25, -0.2) is 13.1 Å². The maximum absolute atomic E-state index is 12.3. The fourth-order valence-corrected chi connectivity index (χ4v) is 4.37. The molecular weight excluding hydrogens is 350 g/mol. The normalized spacial score (nSPS) is 16.8. The van der Waals surface area contributed by atoms with Crippen LogP contribution in [0.4, 0.5) is 0 Å². The first-order chi connectivity index (χ1) is 12.3. The molecule has 1 aliphatic rings. The molecule has 1 amide bonds. The number of sulfonamides is 1. The first-order valence-corrected chi connectivity index (χ1v) is 10.9. The van der Waals surface area contributed by atoms with Crippen molar-refractivity contribution in [3.05, 3.63) is 29.8 Å². The van der Waals surface area contributed by atoms with Crippen molar-refractivity contribution in [3.8, 4) is 0 Å². The Labute approximate surface area is 157 Å². The largest absolute Gasteiger partial charge is 0.352 e. The molecule has 1 aliphatic heterocycles. The van der Waals surface area contributed by atoms with Crippen molar-refractivity contribution in [1.29, 1.82) is 0 Å². The summed E-state index contributed by atoms with van der Waals surface area (Å²) in [5.41, 5.74) is 0.364. The lowest BCUT2D eigenvalue weighted by molar-refractivity contribution is 0.0950. The second kappa shape index (κ2) is 9.48. The molecule has 2 N–H and O–H groups in total. The molecule has 0 atom stereocenters. The number of carbonyl (C=O) groups is 1. The van der Waals surface area contributed by atoms with E-state index in [1.807, 2.05) is 0 Å². The van der Waals surface area contributed by atoms with Gasteiger partial charge in [0, 0.05) is 18.2 Å². The predicted molar refractivity (Wildman–Crippen MR) is 104 cm³/mol. The van der Waals surface area contributed by atoms with E-state index in [-0.39, 0.29) is 16.8 Å². The molecule has 6 nitrogen and oxygen atoms in total. The number of nitrogens with zero attached hydrogens (tertiary/aromatic N) is 1. The topological polar surface area (TPSA) is 78.5 Å². The number of rotatable bonds is 8. The van der Waals surface area contributed by atoms with Gasteiger partial charge in [0.2, 0.25) is 10.0 Å². The molecule has 26 heavy (non-hydrogen) atoms. The third-order valence-corrected chi connectivity index (χ3v) is 6.27. The smallest absolute Gasteiger partial charge is 0.251 e. The van der Waals surface area contributed by atoms with Gasteiger partial charge in [-0.3, -0.25) is 4.79 Å². The minimum absolute atomic E-state index is 0.112.